The van der Waals surface area contributed by atoms with E-state index in [0.717, 1.165) is 40.3 Å². The van der Waals surface area contributed by atoms with Gasteiger partial charge < -0.3 is 24.8 Å². The number of pyridine rings is 2. The summed E-state index contributed by atoms with van der Waals surface area (Å²) in [6, 6.07) is 4.14. The number of hydrogen-bond acceptors (Lipinski definition) is 7. The summed E-state index contributed by atoms with van der Waals surface area (Å²) in [5, 5.41) is 6.29. The maximum absolute atomic E-state index is 11.9. The van der Waals surface area contributed by atoms with E-state index >= 15 is 0 Å². The van der Waals surface area contributed by atoms with Crippen LogP contribution in [0.4, 0.5) is 22.1 Å². The molecule has 4 heterocycles. The average Bonchev–Trinajstić information content (AvgIpc) is 3.04. The quantitative estimate of drug-likeness (QED) is 0.649. The van der Waals surface area contributed by atoms with Crippen molar-refractivity contribution in [2.75, 3.05) is 23.3 Å². The number of aromatic nitrogens is 4. The van der Waals surface area contributed by atoms with Gasteiger partial charge in [-0.3, -0.25) is 0 Å². The van der Waals surface area contributed by atoms with E-state index in [1.807, 2.05) is 44.6 Å². The standard InChI is InChI=1S/C22H29N7O2/c1-6-14-7-20(29-11-15(12-29)26-21(30)31-22(2,3)4)24-9-16(14)27-19-8-18-17(10-23-19)25-13-28(18)5/h7-10,13,15H,6,11-12H2,1-5H3,(H,23,27)(H,26,30). The molecule has 1 aliphatic heterocycles. The lowest BCUT2D eigenvalue weighted by Gasteiger charge is -2.40. The lowest BCUT2D eigenvalue weighted by atomic mass is 10.1. The second kappa shape index (κ2) is 8.05. The van der Waals surface area contributed by atoms with Gasteiger partial charge in [-0.25, -0.2) is 19.7 Å². The minimum Gasteiger partial charge on any atom is -0.444 e. The van der Waals surface area contributed by atoms with Gasteiger partial charge in [-0.1, -0.05) is 6.92 Å². The number of imidazole rings is 1. The normalized spacial score (nSPS) is 14.4. The van der Waals surface area contributed by atoms with Crippen molar-refractivity contribution in [1.82, 2.24) is 24.8 Å². The van der Waals surface area contributed by atoms with Gasteiger partial charge in [-0.05, 0) is 38.8 Å². The molecule has 1 saturated heterocycles. The number of carbonyl (C=O) groups is 1. The van der Waals surface area contributed by atoms with Gasteiger partial charge in [0.1, 0.15) is 22.8 Å². The fourth-order valence-electron chi connectivity index (χ4n) is 3.53. The molecule has 164 valence electrons. The molecule has 0 unspecified atom stereocenters. The Morgan fingerprint density at radius 1 is 1.19 bits per heavy atom. The molecular formula is C22H29N7O2. The Labute approximate surface area is 181 Å². The van der Waals surface area contributed by atoms with E-state index in [2.05, 4.69) is 43.5 Å². The van der Waals surface area contributed by atoms with Crippen molar-refractivity contribution in [2.24, 2.45) is 7.05 Å². The smallest absolute Gasteiger partial charge is 0.407 e. The van der Waals surface area contributed by atoms with Gasteiger partial charge >= 0.3 is 6.09 Å². The molecule has 0 spiro atoms. The third kappa shape index (κ3) is 4.70. The summed E-state index contributed by atoms with van der Waals surface area (Å²) in [6.45, 7) is 9.11. The minimum atomic E-state index is -0.496. The number of ether oxygens (including phenoxy) is 1. The number of carbonyl (C=O) groups excluding carboxylic acids is 1. The second-order valence-corrected chi connectivity index (χ2v) is 8.84. The fourth-order valence-corrected chi connectivity index (χ4v) is 3.53. The Morgan fingerprint density at radius 3 is 2.68 bits per heavy atom. The molecule has 0 radical (unpaired) electrons. The van der Waals surface area contributed by atoms with E-state index in [9.17, 15) is 4.79 Å². The van der Waals surface area contributed by atoms with Crippen LogP contribution in [-0.4, -0.2) is 50.3 Å². The third-order valence-electron chi connectivity index (χ3n) is 5.16. The molecular weight excluding hydrogens is 394 g/mol. The van der Waals surface area contributed by atoms with Gasteiger partial charge in [0.2, 0.25) is 0 Å². The number of anilines is 3. The topological polar surface area (TPSA) is 97.2 Å². The maximum Gasteiger partial charge on any atom is 0.407 e. The molecule has 9 nitrogen and oxygen atoms in total. The highest BCUT2D eigenvalue weighted by atomic mass is 16.6. The van der Waals surface area contributed by atoms with Crippen LogP contribution in [0.3, 0.4) is 0 Å². The highest BCUT2D eigenvalue weighted by Gasteiger charge is 2.30. The van der Waals surface area contributed by atoms with Gasteiger partial charge in [0.25, 0.3) is 0 Å². The van der Waals surface area contributed by atoms with E-state index < -0.39 is 5.60 Å². The number of hydrogen-bond donors (Lipinski definition) is 2. The van der Waals surface area contributed by atoms with Crippen LogP contribution >= 0.6 is 0 Å². The molecule has 0 aromatic carbocycles. The van der Waals surface area contributed by atoms with E-state index in [-0.39, 0.29) is 12.1 Å². The largest absolute Gasteiger partial charge is 0.444 e. The first-order valence-corrected chi connectivity index (χ1v) is 10.5. The van der Waals surface area contributed by atoms with Crippen LogP contribution < -0.4 is 15.5 Å². The molecule has 9 heteroatoms. The van der Waals surface area contributed by atoms with Crippen molar-refractivity contribution >= 4 is 34.4 Å². The molecule has 3 aromatic heterocycles. The van der Waals surface area contributed by atoms with Crippen LogP contribution in [0.5, 0.6) is 0 Å². The van der Waals surface area contributed by atoms with Gasteiger partial charge in [0, 0.05) is 26.2 Å². The van der Waals surface area contributed by atoms with Crippen LogP contribution in [0, 0.1) is 0 Å². The molecule has 31 heavy (non-hydrogen) atoms. The first-order chi connectivity index (χ1) is 14.7. The maximum atomic E-state index is 11.9. The van der Waals surface area contributed by atoms with Crippen LogP contribution in [0.2, 0.25) is 0 Å². The predicted molar refractivity (Wildman–Crippen MR) is 121 cm³/mol. The first-order valence-electron chi connectivity index (χ1n) is 10.5. The number of rotatable bonds is 5. The molecule has 0 aliphatic carbocycles. The number of amides is 1. The molecule has 4 rings (SSSR count). The van der Waals surface area contributed by atoms with Crippen LogP contribution in [0.1, 0.15) is 33.3 Å². The molecule has 1 aliphatic rings. The van der Waals surface area contributed by atoms with Crippen molar-refractivity contribution in [1.29, 1.82) is 0 Å². The van der Waals surface area contributed by atoms with E-state index in [1.165, 1.54) is 0 Å². The Hall–Kier alpha value is -3.36. The van der Waals surface area contributed by atoms with Crippen molar-refractivity contribution in [3.63, 3.8) is 0 Å². The molecule has 0 saturated carbocycles. The lowest BCUT2D eigenvalue weighted by molar-refractivity contribution is 0.0496. The number of fused-ring (bicyclic) bond motifs is 1. The Balaban J connectivity index is 1.40. The van der Waals surface area contributed by atoms with Crippen molar-refractivity contribution in [3.05, 3.63) is 36.4 Å². The zero-order chi connectivity index (χ0) is 22.2. The zero-order valence-electron chi connectivity index (χ0n) is 18.6. The van der Waals surface area contributed by atoms with Gasteiger partial charge in [-0.15, -0.1) is 0 Å². The first kappa shape index (κ1) is 20.9. The van der Waals surface area contributed by atoms with E-state index in [4.69, 9.17) is 4.74 Å². The van der Waals surface area contributed by atoms with E-state index in [1.54, 1.807) is 12.5 Å². The third-order valence-corrected chi connectivity index (χ3v) is 5.16. The van der Waals surface area contributed by atoms with Gasteiger partial charge in [0.15, 0.2) is 0 Å². The van der Waals surface area contributed by atoms with Crippen LogP contribution in [0.25, 0.3) is 11.0 Å². The Kier molecular flexibility index (Phi) is 5.43. The number of aryl methyl sites for hydroxylation is 2. The number of nitrogens with one attached hydrogen (secondary N) is 2. The predicted octanol–water partition coefficient (Wildman–Crippen LogP) is 3.38. The number of alkyl carbamates (subject to hydrolysis) is 1. The molecule has 2 N–H and O–H groups in total. The van der Waals surface area contributed by atoms with Crippen molar-refractivity contribution in [2.45, 2.75) is 45.8 Å². The summed E-state index contributed by atoms with van der Waals surface area (Å²) in [5.41, 5.74) is 3.47. The highest BCUT2D eigenvalue weighted by Crippen LogP contribution is 2.27. The van der Waals surface area contributed by atoms with E-state index in [0.29, 0.717) is 13.1 Å². The van der Waals surface area contributed by atoms with Crippen molar-refractivity contribution < 1.29 is 9.53 Å². The van der Waals surface area contributed by atoms with Crippen molar-refractivity contribution in [3.8, 4) is 0 Å². The Morgan fingerprint density at radius 2 is 1.97 bits per heavy atom. The summed E-state index contributed by atoms with van der Waals surface area (Å²) in [6.07, 6.45) is 5.87. The minimum absolute atomic E-state index is 0.0642. The molecule has 0 bridgehead atoms. The fraction of sp³-hybridized carbons (Fsp3) is 0.455. The van der Waals surface area contributed by atoms with Crippen LogP contribution in [-0.2, 0) is 18.2 Å². The second-order valence-electron chi connectivity index (χ2n) is 8.84. The summed E-state index contributed by atoms with van der Waals surface area (Å²) in [5.74, 6) is 1.66. The summed E-state index contributed by atoms with van der Waals surface area (Å²) in [4.78, 5) is 27.5. The summed E-state index contributed by atoms with van der Waals surface area (Å²) < 4.78 is 7.29. The van der Waals surface area contributed by atoms with Gasteiger partial charge in [-0.2, -0.15) is 0 Å². The molecule has 1 amide bonds. The summed E-state index contributed by atoms with van der Waals surface area (Å²) in [7, 11) is 1.96. The molecule has 0 atom stereocenters. The lowest BCUT2D eigenvalue weighted by Crippen LogP contribution is -2.60. The highest BCUT2D eigenvalue weighted by molar-refractivity contribution is 5.78. The monoisotopic (exact) mass is 423 g/mol. The number of nitrogens with zero attached hydrogens (tertiary/aromatic N) is 5. The van der Waals surface area contributed by atoms with Gasteiger partial charge in [0.05, 0.1) is 36.0 Å². The van der Waals surface area contributed by atoms with Crippen LogP contribution in [0.15, 0.2) is 30.9 Å². The average molecular weight is 424 g/mol. The SMILES string of the molecule is CCc1cc(N2CC(NC(=O)OC(C)(C)C)C2)ncc1Nc1cc2c(cn1)ncn2C. The zero-order valence-corrected chi connectivity index (χ0v) is 18.6. The molecule has 3 aromatic rings. The molecule has 1 fully saturated rings. The Bertz CT molecular complexity index is 1100. The summed E-state index contributed by atoms with van der Waals surface area (Å²) >= 11 is 0.